The van der Waals surface area contributed by atoms with Gasteiger partial charge in [0.15, 0.2) is 0 Å². The van der Waals surface area contributed by atoms with Gasteiger partial charge in [-0.1, -0.05) is 64.7 Å². The second-order valence-electron chi connectivity index (χ2n) is 6.48. The van der Waals surface area contributed by atoms with Crippen LogP contribution in [0.15, 0.2) is 0 Å². The third kappa shape index (κ3) is 26.0. The number of rotatable bonds is 17. The Labute approximate surface area is 160 Å². The predicted octanol–water partition coefficient (Wildman–Crippen LogP) is 2.06. The average molecular weight is 400 g/mol. The van der Waals surface area contributed by atoms with E-state index < -0.39 is 10.1 Å². The van der Waals surface area contributed by atoms with Crippen molar-refractivity contribution in [3.63, 3.8) is 0 Å². The molecule has 4 N–H and O–H groups in total. The van der Waals surface area contributed by atoms with E-state index in [-0.39, 0.29) is 25.6 Å². The molecule has 0 saturated carbocycles. The van der Waals surface area contributed by atoms with Gasteiger partial charge in [-0.05, 0) is 6.42 Å². The molecule has 26 heavy (non-hydrogen) atoms. The maximum Gasteiger partial charge on any atom is 0.264 e. The summed E-state index contributed by atoms with van der Waals surface area (Å²) in [5, 5.41) is 25.5. The van der Waals surface area contributed by atoms with Gasteiger partial charge in [-0.2, -0.15) is 8.42 Å². The number of nitrogens with zero attached hydrogens (tertiary/aromatic N) is 1. The van der Waals surface area contributed by atoms with Crippen molar-refractivity contribution in [2.75, 3.05) is 45.2 Å². The van der Waals surface area contributed by atoms with E-state index in [0.717, 1.165) is 12.8 Å². The van der Waals surface area contributed by atoms with Crippen LogP contribution in [0.3, 0.4) is 0 Å². The Bertz CT molecular complexity index is 350. The Morgan fingerprint density at radius 3 is 1.31 bits per heavy atom. The molecule has 0 unspecified atom stereocenters. The van der Waals surface area contributed by atoms with E-state index in [4.69, 9.17) is 19.9 Å². The van der Waals surface area contributed by atoms with E-state index in [9.17, 15) is 8.42 Å². The predicted molar refractivity (Wildman–Crippen MR) is 106 cm³/mol. The quantitative estimate of drug-likeness (QED) is 0.218. The second kappa shape index (κ2) is 21.1. The molecule has 0 aromatic rings. The van der Waals surface area contributed by atoms with Crippen molar-refractivity contribution < 1.29 is 28.3 Å². The Morgan fingerprint density at radius 1 is 0.654 bits per heavy atom. The monoisotopic (exact) mass is 399 g/mol. The van der Waals surface area contributed by atoms with Gasteiger partial charge in [-0.3, -0.25) is 9.45 Å². The Balaban J connectivity index is 0. The normalized spacial score (nSPS) is 11.5. The van der Waals surface area contributed by atoms with Crippen LogP contribution in [0.2, 0.25) is 0 Å². The highest BCUT2D eigenvalue weighted by Crippen LogP contribution is 2.10. The summed E-state index contributed by atoms with van der Waals surface area (Å²) < 4.78 is 29.4. The van der Waals surface area contributed by atoms with E-state index in [1.165, 1.54) is 44.9 Å². The molecule has 0 heterocycles. The molecule has 160 valence electrons. The first-order chi connectivity index (χ1) is 12.4. The fourth-order valence-electron chi connectivity index (χ4n) is 2.53. The lowest BCUT2D eigenvalue weighted by molar-refractivity contribution is 0.136. The van der Waals surface area contributed by atoms with Gasteiger partial charge in [0.2, 0.25) is 0 Å². The summed E-state index contributed by atoms with van der Waals surface area (Å²) >= 11 is 0. The van der Waals surface area contributed by atoms with E-state index in [2.05, 4.69) is 6.92 Å². The van der Waals surface area contributed by atoms with Crippen molar-refractivity contribution in [3.05, 3.63) is 0 Å². The average Bonchev–Trinajstić information content (AvgIpc) is 2.57. The number of aliphatic hydroxyl groups excluding tert-OH is 3. The zero-order valence-electron chi connectivity index (χ0n) is 16.5. The van der Waals surface area contributed by atoms with Gasteiger partial charge in [-0.25, -0.2) is 0 Å². The van der Waals surface area contributed by atoms with Crippen LogP contribution in [-0.2, 0) is 10.1 Å². The second-order valence-corrected chi connectivity index (χ2v) is 8.05. The third-order valence-corrected chi connectivity index (χ3v) is 4.81. The van der Waals surface area contributed by atoms with Crippen LogP contribution in [0.5, 0.6) is 0 Å². The zero-order valence-corrected chi connectivity index (χ0v) is 17.3. The van der Waals surface area contributed by atoms with E-state index in [1.54, 1.807) is 4.90 Å². The molecule has 0 aliphatic heterocycles. The first-order valence-electron chi connectivity index (χ1n) is 9.91. The number of hydrogen-bond acceptors (Lipinski definition) is 6. The lowest BCUT2D eigenvalue weighted by atomic mass is 10.1. The molecule has 0 aromatic carbocycles. The first kappa shape index (κ1) is 28.0. The molecule has 0 amide bonds. The van der Waals surface area contributed by atoms with Crippen LogP contribution in [0.4, 0.5) is 0 Å². The van der Waals surface area contributed by atoms with Gasteiger partial charge in [0.05, 0.1) is 25.6 Å². The topological polar surface area (TPSA) is 118 Å². The fourth-order valence-corrected chi connectivity index (χ4v) is 3.10. The molecule has 0 rings (SSSR count). The number of aliphatic hydroxyl groups is 3. The van der Waals surface area contributed by atoms with Crippen molar-refractivity contribution in [2.45, 2.75) is 71.1 Å². The van der Waals surface area contributed by atoms with Crippen LogP contribution >= 0.6 is 0 Å². The standard InChI is InChI=1S/C12H26O3S.C6H15NO3/c1-2-3-4-5-6-7-8-9-10-11-12-16(13,14)15;8-4-1-7(2-5-9)3-6-10/h2-12H2,1H3,(H,13,14,15);8-10H,1-6H2. The van der Waals surface area contributed by atoms with Gasteiger partial charge in [0.25, 0.3) is 10.1 Å². The summed E-state index contributed by atoms with van der Waals surface area (Å²) in [7, 11) is -3.73. The fraction of sp³-hybridized carbons (Fsp3) is 1.00. The summed E-state index contributed by atoms with van der Waals surface area (Å²) in [6.07, 6.45) is 11.7. The summed E-state index contributed by atoms with van der Waals surface area (Å²) in [6, 6.07) is 0. The van der Waals surface area contributed by atoms with Gasteiger partial charge in [0, 0.05) is 19.6 Å². The van der Waals surface area contributed by atoms with Crippen molar-refractivity contribution in [3.8, 4) is 0 Å². The molecule has 0 spiro atoms. The maximum absolute atomic E-state index is 10.4. The van der Waals surface area contributed by atoms with Crippen molar-refractivity contribution in [1.29, 1.82) is 0 Å². The summed E-state index contributed by atoms with van der Waals surface area (Å²) in [4.78, 5) is 1.79. The summed E-state index contributed by atoms with van der Waals surface area (Å²) in [6.45, 7) is 3.97. The smallest absolute Gasteiger partial charge is 0.264 e. The Kier molecular flexibility index (Phi) is 22.6. The minimum Gasteiger partial charge on any atom is -0.395 e. The lowest BCUT2D eigenvalue weighted by Gasteiger charge is -2.17. The van der Waals surface area contributed by atoms with E-state index in [0.29, 0.717) is 26.1 Å². The van der Waals surface area contributed by atoms with Crippen molar-refractivity contribution >= 4 is 10.1 Å². The van der Waals surface area contributed by atoms with Crippen LogP contribution in [0.25, 0.3) is 0 Å². The van der Waals surface area contributed by atoms with Gasteiger partial charge in [0.1, 0.15) is 0 Å². The van der Waals surface area contributed by atoms with Crippen molar-refractivity contribution in [2.24, 2.45) is 0 Å². The van der Waals surface area contributed by atoms with Crippen LogP contribution in [0.1, 0.15) is 71.1 Å². The Morgan fingerprint density at radius 2 is 1.00 bits per heavy atom. The zero-order chi connectivity index (χ0) is 20.1. The number of unbranched alkanes of at least 4 members (excludes halogenated alkanes) is 9. The first-order valence-corrected chi connectivity index (χ1v) is 11.5. The maximum atomic E-state index is 10.4. The van der Waals surface area contributed by atoms with Gasteiger partial charge < -0.3 is 15.3 Å². The molecule has 7 nitrogen and oxygen atoms in total. The SMILES string of the molecule is CCCCCCCCCCCCS(=O)(=O)O.OCCN(CCO)CCO. The van der Waals surface area contributed by atoms with Crippen molar-refractivity contribution in [1.82, 2.24) is 4.90 Å². The largest absolute Gasteiger partial charge is 0.395 e. The molecule has 8 heteroatoms. The van der Waals surface area contributed by atoms with E-state index >= 15 is 0 Å². The summed E-state index contributed by atoms with van der Waals surface area (Å²) in [5.74, 6) is -0.0799. The highest BCUT2D eigenvalue weighted by atomic mass is 32.2. The number of hydrogen-bond donors (Lipinski definition) is 4. The third-order valence-electron chi connectivity index (χ3n) is 4.00. The molecule has 0 aliphatic carbocycles. The van der Waals surface area contributed by atoms with Crippen LogP contribution in [0, 0.1) is 0 Å². The molecule has 0 saturated heterocycles. The van der Waals surface area contributed by atoms with E-state index in [1.807, 2.05) is 0 Å². The van der Waals surface area contributed by atoms with Crippen LogP contribution < -0.4 is 0 Å². The van der Waals surface area contributed by atoms with Crippen LogP contribution in [-0.4, -0.2) is 78.4 Å². The molecular formula is C18H41NO6S. The molecule has 0 fully saturated rings. The highest BCUT2D eigenvalue weighted by Gasteiger charge is 2.02. The minimum atomic E-state index is -3.73. The molecule has 0 atom stereocenters. The summed E-state index contributed by atoms with van der Waals surface area (Å²) in [5.41, 5.74) is 0. The lowest BCUT2D eigenvalue weighted by Crippen LogP contribution is -2.32. The van der Waals surface area contributed by atoms with Gasteiger partial charge >= 0.3 is 0 Å². The Hall–Kier alpha value is -0.250. The molecule has 0 radical (unpaired) electrons. The minimum absolute atomic E-state index is 0.0694. The molecule has 0 bridgehead atoms. The molecular weight excluding hydrogens is 358 g/mol. The van der Waals surface area contributed by atoms with Gasteiger partial charge in [-0.15, -0.1) is 0 Å². The molecule has 0 aromatic heterocycles. The molecule has 0 aliphatic rings. The highest BCUT2D eigenvalue weighted by molar-refractivity contribution is 7.85.